The van der Waals surface area contributed by atoms with Gasteiger partial charge in [-0.15, -0.1) is 0 Å². The van der Waals surface area contributed by atoms with E-state index in [2.05, 4.69) is 32.0 Å². The summed E-state index contributed by atoms with van der Waals surface area (Å²) >= 11 is 3.40. The monoisotopic (exact) mass is 273 g/mol. The third kappa shape index (κ3) is 2.18. The van der Waals surface area contributed by atoms with Crippen molar-refractivity contribution >= 4 is 21.7 Å². The molecule has 0 aliphatic carbocycles. The summed E-state index contributed by atoms with van der Waals surface area (Å²) < 4.78 is 8.05. The number of nitrogens with zero attached hydrogens (tertiary/aromatic N) is 3. The van der Waals surface area contributed by atoms with Crippen LogP contribution in [0.4, 0.5) is 5.82 Å². The van der Waals surface area contributed by atoms with E-state index in [1.54, 1.807) is 7.11 Å². The maximum absolute atomic E-state index is 5.24. The molecule has 1 aliphatic rings. The smallest absolute Gasteiger partial charge is 0.130 e. The first-order valence-electron chi connectivity index (χ1n) is 5.17. The molecule has 2 heterocycles. The molecular formula is C10H16BrN3O. The van der Waals surface area contributed by atoms with E-state index in [0.717, 1.165) is 17.8 Å². The van der Waals surface area contributed by atoms with Crippen molar-refractivity contribution in [3.8, 4) is 0 Å². The predicted octanol–water partition coefficient (Wildman–Crippen LogP) is 1.80. The van der Waals surface area contributed by atoms with Gasteiger partial charge in [-0.1, -0.05) is 0 Å². The van der Waals surface area contributed by atoms with Gasteiger partial charge in [-0.3, -0.25) is 4.68 Å². The number of aromatic nitrogens is 2. The summed E-state index contributed by atoms with van der Waals surface area (Å²) in [4.78, 5) is 2.38. The Labute approximate surface area is 98.3 Å². The molecule has 15 heavy (non-hydrogen) atoms. The summed E-state index contributed by atoms with van der Waals surface area (Å²) in [6.45, 7) is 1.89. The fraction of sp³-hybridized carbons (Fsp3) is 0.700. The zero-order valence-electron chi connectivity index (χ0n) is 9.11. The van der Waals surface area contributed by atoms with Crippen molar-refractivity contribution < 1.29 is 4.74 Å². The third-order valence-corrected chi connectivity index (χ3v) is 3.24. The van der Waals surface area contributed by atoms with Gasteiger partial charge in [-0.05, 0) is 28.8 Å². The van der Waals surface area contributed by atoms with Gasteiger partial charge in [0.1, 0.15) is 10.4 Å². The van der Waals surface area contributed by atoms with E-state index in [1.807, 2.05) is 11.7 Å². The maximum atomic E-state index is 5.24. The second kappa shape index (κ2) is 4.53. The first kappa shape index (κ1) is 11.0. The number of halogens is 1. The van der Waals surface area contributed by atoms with Crippen molar-refractivity contribution in [2.24, 2.45) is 7.05 Å². The van der Waals surface area contributed by atoms with Crippen molar-refractivity contribution in [1.82, 2.24) is 9.78 Å². The average Bonchev–Trinajstić information content (AvgIpc) is 2.73. The number of rotatable bonds is 3. The van der Waals surface area contributed by atoms with Gasteiger partial charge in [-0.2, -0.15) is 5.10 Å². The van der Waals surface area contributed by atoms with Gasteiger partial charge in [0.15, 0.2) is 0 Å². The second-order valence-electron chi connectivity index (χ2n) is 3.89. The Balaban J connectivity index is 2.18. The van der Waals surface area contributed by atoms with Gasteiger partial charge in [0.25, 0.3) is 0 Å². The Morgan fingerprint density at radius 3 is 3.07 bits per heavy atom. The fourth-order valence-corrected chi connectivity index (χ4v) is 2.64. The molecule has 0 spiro atoms. The SMILES string of the molecule is COC[C@H]1CCCN1c1cc(Br)nn1C. The normalized spacial score (nSPS) is 21.3. The van der Waals surface area contributed by atoms with Crippen LogP contribution < -0.4 is 4.90 Å². The van der Waals surface area contributed by atoms with E-state index in [0.29, 0.717) is 6.04 Å². The second-order valence-corrected chi connectivity index (χ2v) is 4.71. The largest absolute Gasteiger partial charge is 0.383 e. The third-order valence-electron chi connectivity index (χ3n) is 2.86. The number of hydrogen-bond donors (Lipinski definition) is 0. The van der Waals surface area contributed by atoms with Crippen molar-refractivity contribution in [2.75, 3.05) is 25.2 Å². The van der Waals surface area contributed by atoms with Gasteiger partial charge in [0, 0.05) is 26.8 Å². The molecule has 2 rings (SSSR count). The molecule has 0 N–H and O–H groups in total. The lowest BCUT2D eigenvalue weighted by Crippen LogP contribution is -2.34. The molecule has 1 atom stereocenters. The highest BCUT2D eigenvalue weighted by Crippen LogP contribution is 2.27. The fourth-order valence-electron chi connectivity index (χ4n) is 2.20. The number of anilines is 1. The van der Waals surface area contributed by atoms with Crippen LogP contribution in [0.2, 0.25) is 0 Å². The summed E-state index contributed by atoms with van der Waals surface area (Å²) in [5.41, 5.74) is 0. The van der Waals surface area contributed by atoms with E-state index < -0.39 is 0 Å². The quantitative estimate of drug-likeness (QED) is 0.842. The van der Waals surface area contributed by atoms with Crippen LogP contribution in [0.1, 0.15) is 12.8 Å². The van der Waals surface area contributed by atoms with Gasteiger partial charge < -0.3 is 9.64 Å². The van der Waals surface area contributed by atoms with Crippen LogP contribution in [0.3, 0.4) is 0 Å². The first-order chi connectivity index (χ1) is 7.22. The maximum Gasteiger partial charge on any atom is 0.130 e. The molecule has 0 saturated carbocycles. The molecule has 84 valence electrons. The van der Waals surface area contributed by atoms with E-state index in [-0.39, 0.29) is 0 Å². The topological polar surface area (TPSA) is 30.3 Å². The summed E-state index contributed by atoms with van der Waals surface area (Å²) in [5.74, 6) is 1.17. The van der Waals surface area contributed by atoms with Crippen LogP contribution in [-0.2, 0) is 11.8 Å². The Morgan fingerprint density at radius 1 is 1.67 bits per heavy atom. The van der Waals surface area contributed by atoms with Crippen molar-refractivity contribution in [3.05, 3.63) is 10.7 Å². The zero-order valence-corrected chi connectivity index (χ0v) is 10.7. The van der Waals surface area contributed by atoms with E-state index in [1.165, 1.54) is 18.7 Å². The van der Waals surface area contributed by atoms with Gasteiger partial charge in [0.05, 0.1) is 12.6 Å². The lowest BCUT2D eigenvalue weighted by molar-refractivity contribution is 0.180. The molecule has 5 heteroatoms. The highest BCUT2D eigenvalue weighted by atomic mass is 79.9. The molecule has 0 aromatic carbocycles. The molecule has 1 fully saturated rings. The Kier molecular flexibility index (Phi) is 3.31. The van der Waals surface area contributed by atoms with Gasteiger partial charge >= 0.3 is 0 Å². The predicted molar refractivity (Wildman–Crippen MR) is 63.2 cm³/mol. The molecule has 4 nitrogen and oxygen atoms in total. The highest BCUT2D eigenvalue weighted by molar-refractivity contribution is 9.10. The molecule has 0 radical (unpaired) electrons. The summed E-state index contributed by atoms with van der Waals surface area (Å²) in [6.07, 6.45) is 2.44. The summed E-state index contributed by atoms with van der Waals surface area (Å²) in [7, 11) is 3.73. The minimum atomic E-state index is 0.497. The minimum Gasteiger partial charge on any atom is -0.383 e. The number of methoxy groups -OCH3 is 1. The lowest BCUT2D eigenvalue weighted by Gasteiger charge is -2.25. The Hall–Kier alpha value is -0.550. The minimum absolute atomic E-state index is 0.497. The molecule has 1 aliphatic heterocycles. The average molecular weight is 274 g/mol. The first-order valence-corrected chi connectivity index (χ1v) is 5.97. The summed E-state index contributed by atoms with van der Waals surface area (Å²) in [6, 6.07) is 2.56. The van der Waals surface area contributed by atoms with Gasteiger partial charge in [0.2, 0.25) is 0 Å². The standard InChI is InChI=1S/C10H16BrN3O/c1-13-10(6-9(11)12-13)14-5-3-4-8(14)7-15-2/h6,8H,3-5,7H2,1-2H3/t8-/m1/s1. The molecule has 0 bridgehead atoms. The van der Waals surface area contributed by atoms with Crippen LogP contribution in [0.15, 0.2) is 10.7 Å². The van der Waals surface area contributed by atoms with Crippen molar-refractivity contribution in [2.45, 2.75) is 18.9 Å². The molecule has 0 unspecified atom stereocenters. The number of aryl methyl sites for hydroxylation is 1. The van der Waals surface area contributed by atoms with Crippen LogP contribution >= 0.6 is 15.9 Å². The Bertz CT molecular complexity index is 339. The molecular weight excluding hydrogens is 258 g/mol. The highest BCUT2D eigenvalue weighted by Gasteiger charge is 2.26. The van der Waals surface area contributed by atoms with Crippen LogP contribution in [0.25, 0.3) is 0 Å². The van der Waals surface area contributed by atoms with Crippen LogP contribution in [-0.4, -0.2) is 36.1 Å². The zero-order chi connectivity index (χ0) is 10.8. The van der Waals surface area contributed by atoms with E-state index in [9.17, 15) is 0 Å². The van der Waals surface area contributed by atoms with E-state index in [4.69, 9.17) is 4.74 Å². The molecule has 1 aromatic heterocycles. The Morgan fingerprint density at radius 2 is 2.47 bits per heavy atom. The van der Waals surface area contributed by atoms with Gasteiger partial charge in [-0.25, -0.2) is 0 Å². The summed E-state index contributed by atoms with van der Waals surface area (Å²) in [5, 5.41) is 4.30. The molecule has 0 amide bonds. The van der Waals surface area contributed by atoms with Crippen molar-refractivity contribution in [3.63, 3.8) is 0 Å². The molecule has 1 aromatic rings. The number of hydrogen-bond acceptors (Lipinski definition) is 3. The lowest BCUT2D eigenvalue weighted by atomic mass is 10.2. The molecule has 1 saturated heterocycles. The van der Waals surface area contributed by atoms with Crippen LogP contribution in [0, 0.1) is 0 Å². The van der Waals surface area contributed by atoms with Crippen molar-refractivity contribution in [1.29, 1.82) is 0 Å². The number of ether oxygens (including phenoxy) is 1. The van der Waals surface area contributed by atoms with Crippen LogP contribution in [0.5, 0.6) is 0 Å². The van der Waals surface area contributed by atoms with E-state index >= 15 is 0 Å².